The van der Waals surface area contributed by atoms with Crippen LogP contribution in [0.4, 0.5) is 5.69 Å². The maximum absolute atomic E-state index is 12.3. The highest BCUT2D eigenvalue weighted by Crippen LogP contribution is 2.21. The van der Waals surface area contributed by atoms with Gasteiger partial charge >= 0.3 is 5.97 Å². The number of aromatic nitrogens is 3. The molecule has 2 N–H and O–H groups in total. The van der Waals surface area contributed by atoms with Crippen molar-refractivity contribution in [3.05, 3.63) is 35.8 Å². The van der Waals surface area contributed by atoms with Gasteiger partial charge in [-0.25, -0.2) is 9.67 Å². The molecule has 1 amide bonds. The average molecular weight is 316 g/mol. The SMILES string of the molecule is Cc1cc(C)n(-c2ncccc2NC(=O)C(C(=O)O)C(C)C)n1. The lowest BCUT2D eigenvalue weighted by Gasteiger charge is -2.17. The number of pyridine rings is 1. The normalized spacial score (nSPS) is 12.2. The van der Waals surface area contributed by atoms with Crippen LogP contribution in [0.1, 0.15) is 25.2 Å². The number of carbonyl (C=O) groups is 2. The molecule has 2 heterocycles. The Kier molecular flexibility index (Phi) is 4.78. The fourth-order valence-electron chi connectivity index (χ4n) is 2.42. The lowest BCUT2D eigenvalue weighted by atomic mass is 9.95. The molecule has 1 atom stereocenters. The molecule has 1 unspecified atom stereocenters. The second-order valence-electron chi connectivity index (χ2n) is 5.76. The van der Waals surface area contributed by atoms with Gasteiger partial charge in [-0.3, -0.25) is 9.59 Å². The van der Waals surface area contributed by atoms with Crippen molar-refractivity contribution in [1.29, 1.82) is 0 Å². The fourth-order valence-corrected chi connectivity index (χ4v) is 2.42. The summed E-state index contributed by atoms with van der Waals surface area (Å²) in [5, 5.41) is 16.2. The zero-order chi connectivity index (χ0) is 17.1. The molecule has 0 saturated carbocycles. The molecule has 0 aromatic carbocycles. The van der Waals surface area contributed by atoms with E-state index in [1.165, 1.54) is 0 Å². The predicted molar refractivity (Wildman–Crippen MR) is 85.4 cm³/mol. The predicted octanol–water partition coefficient (Wildman–Crippen LogP) is 2.18. The number of anilines is 1. The Labute approximate surface area is 134 Å². The van der Waals surface area contributed by atoms with E-state index in [1.54, 1.807) is 36.9 Å². The van der Waals surface area contributed by atoms with Crippen molar-refractivity contribution in [1.82, 2.24) is 14.8 Å². The van der Waals surface area contributed by atoms with E-state index in [2.05, 4.69) is 15.4 Å². The average Bonchev–Trinajstić information content (AvgIpc) is 2.77. The molecule has 2 rings (SSSR count). The molecule has 23 heavy (non-hydrogen) atoms. The maximum Gasteiger partial charge on any atom is 0.316 e. The van der Waals surface area contributed by atoms with Crippen molar-refractivity contribution in [2.75, 3.05) is 5.32 Å². The highest BCUT2D eigenvalue weighted by Gasteiger charge is 2.30. The van der Waals surface area contributed by atoms with Crippen LogP contribution in [-0.2, 0) is 9.59 Å². The van der Waals surface area contributed by atoms with Gasteiger partial charge in [-0.15, -0.1) is 0 Å². The minimum absolute atomic E-state index is 0.318. The molecular formula is C16H20N4O3. The van der Waals surface area contributed by atoms with Crippen molar-refractivity contribution in [2.45, 2.75) is 27.7 Å². The highest BCUT2D eigenvalue weighted by atomic mass is 16.4. The molecule has 0 aliphatic rings. The molecule has 2 aromatic rings. The monoisotopic (exact) mass is 316 g/mol. The lowest BCUT2D eigenvalue weighted by Crippen LogP contribution is -2.33. The highest BCUT2D eigenvalue weighted by molar-refractivity contribution is 6.05. The Balaban J connectivity index is 2.36. The van der Waals surface area contributed by atoms with Crippen molar-refractivity contribution in [2.24, 2.45) is 11.8 Å². The van der Waals surface area contributed by atoms with Crippen LogP contribution in [0.5, 0.6) is 0 Å². The molecule has 0 saturated heterocycles. The van der Waals surface area contributed by atoms with Crippen LogP contribution in [0.2, 0.25) is 0 Å². The summed E-state index contributed by atoms with van der Waals surface area (Å²) >= 11 is 0. The van der Waals surface area contributed by atoms with Gasteiger partial charge in [-0.2, -0.15) is 5.10 Å². The standard InChI is InChI=1S/C16H20N4O3/c1-9(2)13(16(22)23)15(21)18-12-6-5-7-17-14(12)20-11(4)8-10(3)19-20/h5-9,13H,1-4H3,(H,18,21)(H,22,23). The van der Waals surface area contributed by atoms with Crippen LogP contribution >= 0.6 is 0 Å². The van der Waals surface area contributed by atoms with Gasteiger partial charge in [0.1, 0.15) is 5.92 Å². The molecule has 0 radical (unpaired) electrons. The number of carbonyl (C=O) groups excluding carboxylic acids is 1. The van der Waals surface area contributed by atoms with Gasteiger partial charge in [0.15, 0.2) is 5.82 Å². The third-order valence-electron chi connectivity index (χ3n) is 3.47. The second kappa shape index (κ2) is 6.60. The minimum atomic E-state index is -1.14. The molecule has 0 aliphatic heterocycles. The zero-order valence-electron chi connectivity index (χ0n) is 13.6. The molecular weight excluding hydrogens is 296 g/mol. The van der Waals surface area contributed by atoms with Crippen LogP contribution in [0.25, 0.3) is 5.82 Å². The van der Waals surface area contributed by atoms with E-state index in [4.69, 9.17) is 0 Å². The van der Waals surface area contributed by atoms with Gasteiger partial charge in [-0.05, 0) is 38.0 Å². The number of hydrogen-bond donors (Lipinski definition) is 2. The Hall–Kier alpha value is -2.70. The van der Waals surface area contributed by atoms with E-state index in [0.29, 0.717) is 11.5 Å². The summed E-state index contributed by atoms with van der Waals surface area (Å²) in [6.45, 7) is 7.14. The number of amides is 1. The van der Waals surface area contributed by atoms with Crippen LogP contribution in [0.15, 0.2) is 24.4 Å². The number of carboxylic acid groups (broad SMARTS) is 1. The topological polar surface area (TPSA) is 97.1 Å². The fraction of sp³-hybridized carbons (Fsp3) is 0.375. The summed E-state index contributed by atoms with van der Waals surface area (Å²) in [5.74, 6) is -2.69. The molecule has 0 bridgehead atoms. The van der Waals surface area contributed by atoms with Gasteiger partial charge in [0.25, 0.3) is 0 Å². The quantitative estimate of drug-likeness (QED) is 0.824. The van der Waals surface area contributed by atoms with E-state index < -0.39 is 17.8 Å². The van der Waals surface area contributed by atoms with Gasteiger partial charge < -0.3 is 10.4 Å². The first-order chi connectivity index (χ1) is 10.8. The summed E-state index contributed by atoms with van der Waals surface area (Å²) in [5.41, 5.74) is 2.13. The molecule has 0 spiro atoms. The molecule has 122 valence electrons. The number of nitrogens with one attached hydrogen (secondary N) is 1. The number of rotatable bonds is 5. The van der Waals surface area contributed by atoms with E-state index in [-0.39, 0.29) is 5.92 Å². The second-order valence-corrected chi connectivity index (χ2v) is 5.76. The van der Waals surface area contributed by atoms with Gasteiger partial charge in [0.05, 0.1) is 11.4 Å². The van der Waals surface area contributed by atoms with Crippen LogP contribution < -0.4 is 5.32 Å². The molecule has 0 fully saturated rings. The lowest BCUT2D eigenvalue weighted by molar-refractivity contribution is -0.147. The van der Waals surface area contributed by atoms with Crippen molar-refractivity contribution < 1.29 is 14.7 Å². The number of aliphatic carboxylic acids is 1. The third-order valence-corrected chi connectivity index (χ3v) is 3.47. The van der Waals surface area contributed by atoms with Crippen molar-refractivity contribution >= 4 is 17.6 Å². The minimum Gasteiger partial charge on any atom is -0.481 e. The summed E-state index contributed by atoms with van der Waals surface area (Å²) in [6, 6.07) is 5.25. The first-order valence-electron chi connectivity index (χ1n) is 7.33. The van der Waals surface area contributed by atoms with Gasteiger partial charge in [0.2, 0.25) is 5.91 Å². The van der Waals surface area contributed by atoms with E-state index in [9.17, 15) is 14.7 Å². The zero-order valence-corrected chi connectivity index (χ0v) is 13.6. The summed E-state index contributed by atoms with van der Waals surface area (Å²) in [4.78, 5) is 27.9. The van der Waals surface area contributed by atoms with Crippen molar-refractivity contribution in [3.63, 3.8) is 0 Å². The molecule has 0 aliphatic carbocycles. The van der Waals surface area contributed by atoms with Gasteiger partial charge in [0, 0.05) is 11.9 Å². The Morgan fingerprint density at radius 1 is 1.30 bits per heavy atom. The van der Waals surface area contributed by atoms with E-state index in [1.807, 2.05) is 19.9 Å². The van der Waals surface area contributed by atoms with Crippen LogP contribution in [0, 0.1) is 25.7 Å². The summed E-state index contributed by atoms with van der Waals surface area (Å²) < 4.78 is 1.62. The molecule has 7 nitrogen and oxygen atoms in total. The number of carboxylic acids is 1. The number of hydrogen-bond acceptors (Lipinski definition) is 4. The Morgan fingerprint density at radius 3 is 2.52 bits per heavy atom. The van der Waals surface area contributed by atoms with E-state index >= 15 is 0 Å². The Bertz CT molecular complexity index is 737. The van der Waals surface area contributed by atoms with Crippen LogP contribution in [-0.4, -0.2) is 31.7 Å². The van der Waals surface area contributed by atoms with Crippen LogP contribution in [0.3, 0.4) is 0 Å². The molecule has 2 aromatic heterocycles. The molecule has 7 heteroatoms. The summed E-state index contributed by atoms with van der Waals surface area (Å²) in [7, 11) is 0. The number of aryl methyl sites for hydroxylation is 2. The largest absolute Gasteiger partial charge is 0.481 e. The van der Waals surface area contributed by atoms with E-state index in [0.717, 1.165) is 11.4 Å². The third kappa shape index (κ3) is 3.56. The first-order valence-corrected chi connectivity index (χ1v) is 7.33. The summed E-state index contributed by atoms with van der Waals surface area (Å²) in [6.07, 6.45) is 1.60. The Morgan fingerprint density at radius 2 is 2.00 bits per heavy atom. The maximum atomic E-state index is 12.3. The number of nitrogens with zero attached hydrogens (tertiary/aromatic N) is 3. The first kappa shape index (κ1) is 16.7. The smallest absolute Gasteiger partial charge is 0.316 e. The van der Waals surface area contributed by atoms with Gasteiger partial charge in [-0.1, -0.05) is 13.8 Å². The van der Waals surface area contributed by atoms with Crippen molar-refractivity contribution in [3.8, 4) is 5.82 Å².